The summed E-state index contributed by atoms with van der Waals surface area (Å²) in [5.74, 6) is 0.391. The van der Waals surface area contributed by atoms with E-state index in [0.717, 1.165) is 36.6 Å². The van der Waals surface area contributed by atoms with Crippen molar-refractivity contribution in [1.29, 1.82) is 0 Å². The Labute approximate surface area is 163 Å². The number of halogens is 1. The lowest BCUT2D eigenvalue weighted by molar-refractivity contribution is -0.122. The Bertz CT molecular complexity index is 793. The summed E-state index contributed by atoms with van der Waals surface area (Å²) in [5, 5.41) is 4.25. The van der Waals surface area contributed by atoms with Crippen LogP contribution in [-0.2, 0) is 22.5 Å². The van der Waals surface area contributed by atoms with E-state index < -0.39 is 0 Å². The van der Waals surface area contributed by atoms with Gasteiger partial charge in [-0.3, -0.25) is 4.79 Å². The van der Waals surface area contributed by atoms with E-state index in [1.54, 1.807) is 0 Å². The zero-order chi connectivity index (χ0) is 18.5. The Morgan fingerprint density at radius 1 is 1.33 bits per heavy atom. The number of morpholine rings is 1. The van der Waals surface area contributed by atoms with Crippen molar-refractivity contribution in [3.63, 3.8) is 0 Å². The first-order chi connectivity index (χ1) is 13.1. The van der Waals surface area contributed by atoms with E-state index >= 15 is 0 Å². The second-order valence-electron chi connectivity index (χ2n) is 8.08. The molecule has 0 radical (unpaired) electrons. The Kier molecular flexibility index (Phi) is 4.37. The highest BCUT2D eigenvalue weighted by molar-refractivity contribution is 6.30. The van der Waals surface area contributed by atoms with E-state index in [1.165, 1.54) is 11.1 Å². The van der Waals surface area contributed by atoms with Gasteiger partial charge in [-0.15, -0.1) is 0 Å². The average Bonchev–Trinajstić information content (AvgIpc) is 3.26. The largest absolute Gasteiger partial charge is 0.378 e. The van der Waals surface area contributed by atoms with Gasteiger partial charge < -0.3 is 19.9 Å². The van der Waals surface area contributed by atoms with E-state index in [-0.39, 0.29) is 24.0 Å². The molecular formula is C20H24ClN3O3. The second kappa shape index (κ2) is 6.76. The van der Waals surface area contributed by atoms with Crippen molar-refractivity contribution in [1.82, 2.24) is 15.1 Å². The predicted octanol–water partition coefficient (Wildman–Crippen LogP) is 2.14. The molecule has 4 aliphatic rings. The Balaban J connectivity index is 1.39. The molecule has 27 heavy (non-hydrogen) atoms. The van der Waals surface area contributed by atoms with Gasteiger partial charge in [0, 0.05) is 49.6 Å². The molecule has 1 aromatic rings. The summed E-state index contributed by atoms with van der Waals surface area (Å²) in [4.78, 5) is 28.8. The molecule has 1 aromatic carbocycles. The SMILES string of the molecule is O=C1C[C@@H]2C[C@H]1CN2C(=O)N1CCc2cc(Cl)cc([C@@H]3COCCN3)c2C1. The molecule has 5 rings (SSSR count). The summed E-state index contributed by atoms with van der Waals surface area (Å²) in [6.45, 7) is 4.05. The Morgan fingerprint density at radius 3 is 2.93 bits per heavy atom. The van der Waals surface area contributed by atoms with Crippen LogP contribution in [0.3, 0.4) is 0 Å². The van der Waals surface area contributed by atoms with E-state index in [4.69, 9.17) is 16.3 Å². The first-order valence-electron chi connectivity index (χ1n) is 9.80. The van der Waals surface area contributed by atoms with Crippen molar-refractivity contribution >= 4 is 23.4 Å². The van der Waals surface area contributed by atoms with Crippen LogP contribution in [0.25, 0.3) is 0 Å². The van der Waals surface area contributed by atoms with Gasteiger partial charge in [-0.2, -0.15) is 0 Å². The lowest BCUT2D eigenvalue weighted by Gasteiger charge is -2.37. The first-order valence-corrected chi connectivity index (χ1v) is 10.2. The number of urea groups is 1. The third-order valence-corrected chi connectivity index (χ3v) is 6.68. The van der Waals surface area contributed by atoms with E-state index in [9.17, 15) is 9.59 Å². The maximum atomic E-state index is 13.1. The highest BCUT2D eigenvalue weighted by Crippen LogP contribution is 2.37. The second-order valence-corrected chi connectivity index (χ2v) is 8.51. The van der Waals surface area contributed by atoms with Gasteiger partial charge in [0.2, 0.25) is 0 Å². The molecule has 2 saturated heterocycles. The number of fused-ring (bicyclic) bond motifs is 3. The molecule has 1 aliphatic carbocycles. The zero-order valence-corrected chi connectivity index (χ0v) is 16.0. The topological polar surface area (TPSA) is 61.9 Å². The van der Waals surface area contributed by atoms with E-state index in [1.807, 2.05) is 21.9 Å². The molecule has 6 nitrogen and oxygen atoms in total. The lowest BCUT2D eigenvalue weighted by atomic mass is 9.91. The predicted molar refractivity (Wildman–Crippen MR) is 101 cm³/mol. The smallest absolute Gasteiger partial charge is 0.320 e. The van der Waals surface area contributed by atoms with Gasteiger partial charge in [0.15, 0.2) is 0 Å². The van der Waals surface area contributed by atoms with Crippen molar-refractivity contribution < 1.29 is 14.3 Å². The molecule has 0 spiro atoms. The minimum absolute atomic E-state index is 0.0639. The number of likely N-dealkylation sites (tertiary alicyclic amines) is 1. The van der Waals surface area contributed by atoms with Gasteiger partial charge >= 0.3 is 6.03 Å². The Hall–Kier alpha value is -1.63. The minimum atomic E-state index is 0.0639. The number of ketones is 1. The van der Waals surface area contributed by atoms with Gasteiger partial charge in [-0.25, -0.2) is 4.79 Å². The summed E-state index contributed by atoms with van der Waals surface area (Å²) in [7, 11) is 0. The van der Waals surface area contributed by atoms with Gasteiger partial charge in [0.05, 0.1) is 19.3 Å². The highest BCUT2D eigenvalue weighted by atomic mass is 35.5. The lowest BCUT2D eigenvalue weighted by Crippen LogP contribution is -2.49. The molecule has 3 atom stereocenters. The van der Waals surface area contributed by atoms with Crippen LogP contribution < -0.4 is 5.32 Å². The zero-order valence-electron chi connectivity index (χ0n) is 15.2. The van der Waals surface area contributed by atoms with Crippen molar-refractivity contribution in [3.05, 3.63) is 33.8 Å². The molecular weight excluding hydrogens is 366 g/mol. The van der Waals surface area contributed by atoms with Crippen LogP contribution >= 0.6 is 11.6 Å². The molecule has 0 aromatic heterocycles. The summed E-state index contributed by atoms with van der Waals surface area (Å²) < 4.78 is 5.64. The number of nitrogens with one attached hydrogen (secondary N) is 1. The monoisotopic (exact) mass is 389 g/mol. The number of carbonyl (C=O) groups is 2. The number of carbonyl (C=O) groups excluding carboxylic acids is 2. The summed E-state index contributed by atoms with van der Waals surface area (Å²) in [6, 6.07) is 4.34. The fourth-order valence-corrected chi connectivity index (χ4v) is 5.30. The molecule has 7 heteroatoms. The molecule has 2 bridgehead atoms. The third-order valence-electron chi connectivity index (χ3n) is 6.46. The molecule has 3 heterocycles. The molecule has 144 valence electrons. The quantitative estimate of drug-likeness (QED) is 0.799. The number of ether oxygens (including phenoxy) is 1. The van der Waals surface area contributed by atoms with Crippen molar-refractivity contribution in [2.45, 2.75) is 37.9 Å². The van der Waals surface area contributed by atoms with Gasteiger partial charge in [-0.1, -0.05) is 11.6 Å². The van der Waals surface area contributed by atoms with Gasteiger partial charge in [-0.05, 0) is 41.7 Å². The normalized spacial score (nSPS) is 30.0. The van der Waals surface area contributed by atoms with Crippen LogP contribution in [0.15, 0.2) is 12.1 Å². The molecule has 3 fully saturated rings. The number of piperidine rings is 1. The van der Waals surface area contributed by atoms with Crippen molar-refractivity contribution in [2.75, 3.05) is 32.8 Å². The van der Waals surface area contributed by atoms with Crippen LogP contribution in [0.4, 0.5) is 4.79 Å². The number of hydrogen-bond acceptors (Lipinski definition) is 4. The fourth-order valence-electron chi connectivity index (χ4n) is 5.06. The molecule has 0 unspecified atom stereocenters. The standard InChI is InChI=1S/C20H24ClN3O3/c21-14-5-12-1-3-23(20(26)24-9-13-6-15(24)8-19(13)25)10-17(12)16(7-14)18-11-27-4-2-22-18/h5,7,13,15,18,22H,1-4,6,8-11H2/t13-,15-,18-/m0/s1. The maximum Gasteiger partial charge on any atom is 0.320 e. The molecule has 3 aliphatic heterocycles. The number of benzene rings is 1. The Morgan fingerprint density at radius 2 is 2.22 bits per heavy atom. The first kappa shape index (κ1) is 17.5. The molecule has 1 N–H and O–H groups in total. The maximum absolute atomic E-state index is 13.1. The highest BCUT2D eigenvalue weighted by Gasteiger charge is 2.47. The van der Waals surface area contributed by atoms with Crippen molar-refractivity contribution in [3.8, 4) is 0 Å². The van der Waals surface area contributed by atoms with E-state index in [0.29, 0.717) is 38.4 Å². The van der Waals surface area contributed by atoms with Crippen molar-refractivity contribution in [2.24, 2.45) is 5.92 Å². The molecule has 1 saturated carbocycles. The van der Waals surface area contributed by atoms with Crippen LogP contribution in [0.1, 0.15) is 35.6 Å². The number of amides is 2. The average molecular weight is 390 g/mol. The number of hydrogen-bond donors (Lipinski definition) is 1. The summed E-state index contributed by atoms with van der Waals surface area (Å²) in [5.41, 5.74) is 3.57. The minimum Gasteiger partial charge on any atom is -0.378 e. The van der Waals surface area contributed by atoms with Gasteiger partial charge in [0.1, 0.15) is 5.78 Å². The van der Waals surface area contributed by atoms with Crippen LogP contribution in [-0.4, -0.2) is 60.5 Å². The molecule has 2 amide bonds. The third kappa shape index (κ3) is 3.04. The number of Topliss-reactive ketones (excluding diaryl/α,β-unsaturated/α-hetero) is 1. The fraction of sp³-hybridized carbons (Fsp3) is 0.600. The number of rotatable bonds is 1. The number of nitrogens with zero attached hydrogens (tertiary/aromatic N) is 2. The van der Waals surface area contributed by atoms with Crippen LogP contribution in [0.2, 0.25) is 5.02 Å². The summed E-state index contributed by atoms with van der Waals surface area (Å²) >= 11 is 6.37. The van der Waals surface area contributed by atoms with Crippen LogP contribution in [0, 0.1) is 5.92 Å². The van der Waals surface area contributed by atoms with E-state index in [2.05, 4.69) is 5.32 Å². The summed E-state index contributed by atoms with van der Waals surface area (Å²) in [6.07, 6.45) is 2.19. The van der Waals surface area contributed by atoms with Crippen LogP contribution in [0.5, 0.6) is 0 Å². The van der Waals surface area contributed by atoms with Gasteiger partial charge in [0.25, 0.3) is 0 Å².